The van der Waals surface area contributed by atoms with Crippen molar-refractivity contribution in [3.63, 3.8) is 0 Å². The second kappa shape index (κ2) is 21.2. The summed E-state index contributed by atoms with van der Waals surface area (Å²) >= 11 is 0. The summed E-state index contributed by atoms with van der Waals surface area (Å²) in [4.78, 5) is 0. The minimum atomic E-state index is 0.504. The largest absolute Gasteiger partial charge is 0.493 e. The predicted molar refractivity (Wildman–Crippen MR) is 250 cm³/mol. The molecule has 6 aromatic carbocycles. The molecule has 0 radical (unpaired) electrons. The number of ether oxygens (including phenoxy) is 4. The molecule has 0 aromatic heterocycles. The zero-order chi connectivity index (χ0) is 43.3. The second-order valence-electron chi connectivity index (χ2n) is 15.6. The van der Waals surface area contributed by atoms with Crippen molar-refractivity contribution in [2.24, 2.45) is 20.5 Å². The average molecular weight is 831 g/mol. The van der Waals surface area contributed by atoms with E-state index in [4.69, 9.17) is 40.6 Å². The van der Waals surface area contributed by atoms with Crippen LogP contribution in [0.1, 0.15) is 97.9 Å². The van der Waals surface area contributed by atoms with E-state index >= 15 is 0 Å². The van der Waals surface area contributed by atoms with E-state index in [2.05, 4.69) is 98.6 Å². The molecule has 6 aromatic rings. The number of anilines is 2. The summed E-state index contributed by atoms with van der Waals surface area (Å²) in [6.45, 7) is 10.7. The minimum absolute atomic E-state index is 0.504. The monoisotopic (exact) mass is 830 g/mol. The van der Waals surface area contributed by atoms with Gasteiger partial charge < -0.3 is 30.4 Å². The summed E-state index contributed by atoms with van der Waals surface area (Å²) in [6, 6.07) is 36.0. The van der Waals surface area contributed by atoms with E-state index in [1.54, 1.807) is 0 Å². The van der Waals surface area contributed by atoms with Gasteiger partial charge in [-0.25, -0.2) is 0 Å². The highest BCUT2D eigenvalue weighted by Gasteiger charge is 2.25. The van der Waals surface area contributed by atoms with E-state index in [-0.39, 0.29) is 0 Å². The van der Waals surface area contributed by atoms with Gasteiger partial charge in [0.15, 0.2) is 0 Å². The Balaban J connectivity index is 1.48. The first-order chi connectivity index (χ1) is 30.4. The third-order valence-electron chi connectivity index (χ3n) is 10.6. The van der Waals surface area contributed by atoms with Crippen LogP contribution in [0.25, 0.3) is 0 Å². The number of benzene rings is 6. The fourth-order valence-electron chi connectivity index (χ4n) is 7.62. The van der Waals surface area contributed by atoms with E-state index in [0.717, 1.165) is 105 Å². The normalized spacial score (nSPS) is 12.5. The molecular formula is C52H58N6O4. The molecule has 0 aliphatic heterocycles. The van der Waals surface area contributed by atoms with Crippen molar-refractivity contribution < 1.29 is 18.9 Å². The fraction of sp³-hybridized carbons (Fsp3) is 0.308. The molecule has 0 spiro atoms. The Kier molecular flexibility index (Phi) is 14.9. The van der Waals surface area contributed by atoms with Crippen LogP contribution < -0.4 is 30.4 Å². The van der Waals surface area contributed by atoms with Crippen LogP contribution in [0.3, 0.4) is 0 Å². The van der Waals surface area contributed by atoms with Gasteiger partial charge in [0.05, 0.1) is 49.2 Å². The molecule has 1 aliphatic rings. The molecule has 1 aliphatic carbocycles. The summed E-state index contributed by atoms with van der Waals surface area (Å²) in [5.74, 6) is 3.31. The third-order valence-corrected chi connectivity index (χ3v) is 10.6. The maximum absolute atomic E-state index is 6.78. The van der Waals surface area contributed by atoms with Gasteiger partial charge in [0.25, 0.3) is 0 Å². The molecule has 320 valence electrons. The highest BCUT2D eigenvalue weighted by Crippen LogP contribution is 2.44. The lowest BCUT2D eigenvalue weighted by Crippen LogP contribution is -2.10. The third kappa shape index (κ3) is 10.6. The van der Waals surface area contributed by atoms with Gasteiger partial charge in [-0.1, -0.05) is 76.2 Å². The minimum Gasteiger partial charge on any atom is -0.493 e. The smallest absolute Gasteiger partial charge is 0.128 e. The molecule has 8 bridgehead atoms. The Morgan fingerprint density at radius 3 is 1.05 bits per heavy atom. The molecule has 0 saturated carbocycles. The lowest BCUT2D eigenvalue weighted by molar-refractivity contribution is 0.305. The predicted octanol–water partition coefficient (Wildman–Crippen LogP) is 13.5. The number of para-hydroxylation sites is 2. The average Bonchev–Trinajstić information content (AvgIpc) is 3.28. The van der Waals surface area contributed by atoms with E-state index < -0.39 is 0 Å². The summed E-state index contributed by atoms with van der Waals surface area (Å²) in [5.41, 5.74) is 24.3. The van der Waals surface area contributed by atoms with Gasteiger partial charge in [-0.15, -0.1) is 0 Å². The first-order valence-corrected chi connectivity index (χ1v) is 22.0. The van der Waals surface area contributed by atoms with Crippen molar-refractivity contribution >= 4 is 34.1 Å². The van der Waals surface area contributed by atoms with E-state index in [1.165, 1.54) is 0 Å². The van der Waals surface area contributed by atoms with Crippen LogP contribution >= 0.6 is 0 Å². The van der Waals surface area contributed by atoms with Gasteiger partial charge in [-0.05, 0) is 120 Å². The maximum atomic E-state index is 6.78. The van der Waals surface area contributed by atoms with Crippen molar-refractivity contribution in [3.05, 3.63) is 154 Å². The van der Waals surface area contributed by atoms with Crippen LogP contribution in [-0.4, -0.2) is 26.4 Å². The Morgan fingerprint density at radius 2 is 0.694 bits per heavy atom. The SMILES string of the molecule is CCCOc1c2cccc1Cc1c(N=Nc3ccc(N)cc3)ccc(c1OCCC)Cc1cccc(c1OCCC)Cc1c(N=Nc3ccc(N)cc3)ccc(c1OCCC)C2. The molecule has 0 saturated heterocycles. The van der Waals surface area contributed by atoms with Crippen LogP contribution in [0.2, 0.25) is 0 Å². The van der Waals surface area contributed by atoms with Crippen molar-refractivity contribution in [2.75, 3.05) is 37.9 Å². The van der Waals surface area contributed by atoms with Gasteiger partial charge in [-0.3, -0.25) is 0 Å². The van der Waals surface area contributed by atoms with Crippen LogP contribution in [0.5, 0.6) is 23.0 Å². The summed E-state index contributed by atoms with van der Waals surface area (Å²) in [6.07, 6.45) is 5.54. The fourth-order valence-corrected chi connectivity index (χ4v) is 7.62. The Hall–Kier alpha value is -6.68. The standard InChI is InChI=1S/C52H58N6O4/c1-5-27-59-49-35-11-9-13-37(49)33-45-47(57-55-43-21-17-41(53)18-22-43)26-16-40(52(45)62-30-8-4)32-36-12-10-14-38(50(36)60-28-6-2)34-46-48(58-56-44-23-19-42(54)20-24-44)25-15-39(31-35)51(46)61-29-7-3/h9-26H,5-8,27-34,53-54H2,1-4H3. The molecule has 0 unspecified atom stereocenters. The number of rotatable bonds is 16. The van der Waals surface area contributed by atoms with E-state index in [9.17, 15) is 0 Å². The molecule has 10 heteroatoms. The summed E-state index contributed by atoms with van der Waals surface area (Å²) in [5, 5.41) is 19.1. The number of hydrogen-bond acceptors (Lipinski definition) is 10. The van der Waals surface area contributed by atoms with Crippen molar-refractivity contribution in [2.45, 2.75) is 79.1 Å². The second-order valence-corrected chi connectivity index (χ2v) is 15.6. The molecule has 0 fully saturated rings. The molecule has 62 heavy (non-hydrogen) atoms. The summed E-state index contributed by atoms with van der Waals surface area (Å²) < 4.78 is 27.0. The molecule has 7 rings (SSSR count). The van der Waals surface area contributed by atoms with Crippen LogP contribution in [0.4, 0.5) is 34.1 Å². The Bertz CT molecular complexity index is 2320. The van der Waals surface area contributed by atoms with Crippen LogP contribution in [0, 0.1) is 0 Å². The van der Waals surface area contributed by atoms with Gasteiger partial charge >= 0.3 is 0 Å². The van der Waals surface area contributed by atoms with Gasteiger partial charge in [-0.2, -0.15) is 20.5 Å². The number of nitrogen functional groups attached to an aromatic ring is 2. The highest BCUT2D eigenvalue weighted by molar-refractivity contribution is 5.65. The number of nitrogens with two attached hydrogens (primary N) is 2. The molecule has 0 heterocycles. The highest BCUT2D eigenvalue weighted by atomic mass is 16.5. The molecule has 0 amide bonds. The van der Waals surface area contributed by atoms with Crippen molar-refractivity contribution in [1.29, 1.82) is 0 Å². The van der Waals surface area contributed by atoms with E-state index in [0.29, 0.717) is 74.9 Å². The van der Waals surface area contributed by atoms with Gasteiger partial charge in [0.1, 0.15) is 23.0 Å². The van der Waals surface area contributed by atoms with Crippen LogP contribution in [-0.2, 0) is 25.7 Å². The van der Waals surface area contributed by atoms with Gasteiger partial charge in [0, 0.05) is 48.2 Å². The summed E-state index contributed by atoms with van der Waals surface area (Å²) in [7, 11) is 0. The zero-order valence-corrected chi connectivity index (χ0v) is 36.5. The first kappa shape index (κ1) is 43.4. The van der Waals surface area contributed by atoms with E-state index in [1.807, 2.05) is 48.5 Å². The lowest BCUT2D eigenvalue weighted by atomic mass is 9.90. The topological polar surface area (TPSA) is 138 Å². The molecule has 0 atom stereocenters. The Morgan fingerprint density at radius 1 is 0.371 bits per heavy atom. The number of hydrogen-bond donors (Lipinski definition) is 2. The molecular weight excluding hydrogens is 773 g/mol. The number of fused-ring (bicyclic) bond motifs is 8. The lowest BCUT2D eigenvalue weighted by Gasteiger charge is -2.23. The molecule has 10 nitrogen and oxygen atoms in total. The van der Waals surface area contributed by atoms with Gasteiger partial charge in [0.2, 0.25) is 0 Å². The quantitative estimate of drug-likeness (QED) is 0.0734. The maximum Gasteiger partial charge on any atom is 0.128 e. The zero-order valence-electron chi connectivity index (χ0n) is 36.5. The van der Waals surface area contributed by atoms with Crippen molar-refractivity contribution in [3.8, 4) is 23.0 Å². The Labute approximate surface area is 366 Å². The number of nitrogens with zero attached hydrogens (tertiary/aromatic N) is 4. The van der Waals surface area contributed by atoms with Crippen LogP contribution in [0.15, 0.2) is 130 Å². The first-order valence-electron chi connectivity index (χ1n) is 22.0. The number of azo groups is 2. The molecule has 4 N–H and O–H groups in total. The van der Waals surface area contributed by atoms with Crippen molar-refractivity contribution in [1.82, 2.24) is 0 Å².